The molecule has 1 heterocycles. The molecule has 0 atom stereocenters. The highest BCUT2D eigenvalue weighted by Crippen LogP contribution is 2.25. The summed E-state index contributed by atoms with van der Waals surface area (Å²) in [6, 6.07) is 0. The van der Waals surface area contributed by atoms with E-state index in [0.29, 0.717) is 5.82 Å². The lowest BCUT2D eigenvalue weighted by atomic mass is 9.92. The molecule has 0 unspecified atom stereocenters. The van der Waals surface area contributed by atoms with Crippen LogP contribution >= 0.6 is 0 Å². The minimum absolute atomic E-state index is 0.150. The standard InChI is InChI=1S/C8H15FN4/c1-8(2,3)6-7(10)11-12-13(6)5-4-9/h4-5,10H2,1-3H3. The van der Waals surface area contributed by atoms with Crippen LogP contribution in [0, 0.1) is 0 Å². The Morgan fingerprint density at radius 1 is 1.46 bits per heavy atom. The molecule has 13 heavy (non-hydrogen) atoms. The van der Waals surface area contributed by atoms with Crippen LogP contribution in [0.5, 0.6) is 0 Å². The molecule has 0 fully saturated rings. The van der Waals surface area contributed by atoms with Gasteiger partial charge in [-0.3, -0.25) is 0 Å². The maximum atomic E-state index is 12.1. The van der Waals surface area contributed by atoms with Crippen LogP contribution < -0.4 is 5.73 Å². The smallest absolute Gasteiger partial charge is 0.169 e. The molecule has 0 spiro atoms. The molecule has 1 rings (SSSR count). The molecule has 0 aliphatic rings. The van der Waals surface area contributed by atoms with Crippen LogP contribution in [-0.2, 0) is 12.0 Å². The molecule has 74 valence electrons. The zero-order valence-corrected chi connectivity index (χ0v) is 8.21. The van der Waals surface area contributed by atoms with Crippen molar-refractivity contribution in [3.05, 3.63) is 5.69 Å². The van der Waals surface area contributed by atoms with Gasteiger partial charge in [0.1, 0.15) is 6.67 Å². The van der Waals surface area contributed by atoms with Crippen LogP contribution in [0.25, 0.3) is 0 Å². The fourth-order valence-corrected chi connectivity index (χ4v) is 1.33. The van der Waals surface area contributed by atoms with Crippen molar-refractivity contribution in [2.75, 3.05) is 12.4 Å². The molecular formula is C8H15FN4. The second-order valence-corrected chi connectivity index (χ2v) is 3.99. The molecule has 0 amide bonds. The summed E-state index contributed by atoms with van der Waals surface area (Å²) >= 11 is 0. The number of halogens is 1. The quantitative estimate of drug-likeness (QED) is 0.753. The molecule has 0 aliphatic carbocycles. The Balaban J connectivity index is 3.09. The highest BCUT2D eigenvalue weighted by molar-refractivity contribution is 5.37. The molecule has 0 aromatic carbocycles. The third-order valence-electron chi connectivity index (χ3n) is 1.77. The van der Waals surface area contributed by atoms with Gasteiger partial charge < -0.3 is 5.73 Å². The number of rotatable bonds is 2. The number of nitrogens with two attached hydrogens (primary N) is 1. The predicted octanol–water partition coefficient (Wildman–Crippen LogP) is 1.13. The van der Waals surface area contributed by atoms with Gasteiger partial charge in [0.2, 0.25) is 0 Å². The zero-order chi connectivity index (χ0) is 10.1. The Bertz CT molecular complexity index is 287. The zero-order valence-electron chi connectivity index (χ0n) is 8.21. The largest absolute Gasteiger partial charge is 0.381 e. The molecule has 4 nitrogen and oxygen atoms in total. The first-order valence-corrected chi connectivity index (χ1v) is 4.22. The topological polar surface area (TPSA) is 56.7 Å². The highest BCUT2D eigenvalue weighted by Gasteiger charge is 2.23. The molecule has 0 saturated heterocycles. The summed E-state index contributed by atoms with van der Waals surface area (Å²) in [7, 11) is 0. The van der Waals surface area contributed by atoms with Crippen LogP contribution in [0.4, 0.5) is 10.2 Å². The van der Waals surface area contributed by atoms with E-state index >= 15 is 0 Å². The van der Waals surface area contributed by atoms with Crippen molar-refractivity contribution in [2.45, 2.75) is 32.7 Å². The summed E-state index contributed by atoms with van der Waals surface area (Å²) in [5.41, 5.74) is 6.29. The molecular weight excluding hydrogens is 171 g/mol. The van der Waals surface area contributed by atoms with Gasteiger partial charge >= 0.3 is 0 Å². The van der Waals surface area contributed by atoms with Crippen molar-refractivity contribution in [1.82, 2.24) is 15.0 Å². The van der Waals surface area contributed by atoms with Gasteiger partial charge in [-0.2, -0.15) is 0 Å². The number of anilines is 1. The van der Waals surface area contributed by atoms with Crippen molar-refractivity contribution < 1.29 is 4.39 Å². The van der Waals surface area contributed by atoms with E-state index in [1.807, 2.05) is 20.8 Å². The summed E-state index contributed by atoms with van der Waals surface area (Å²) in [6.07, 6.45) is 0. The Morgan fingerprint density at radius 3 is 2.54 bits per heavy atom. The minimum Gasteiger partial charge on any atom is -0.381 e. The lowest BCUT2D eigenvalue weighted by molar-refractivity contribution is 0.397. The maximum absolute atomic E-state index is 12.1. The lowest BCUT2D eigenvalue weighted by Crippen LogP contribution is -2.20. The van der Waals surface area contributed by atoms with E-state index < -0.39 is 6.67 Å². The van der Waals surface area contributed by atoms with E-state index in [-0.39, 0.29) is 12.0 Å². The molecule has 1 aromatic rings. The van der Waals surface area contributed by atoms with Crippen molar-refractivity contribution >= 4 is 5.82 Å². The normalized spacial score (nSPS) is 12.0. The van der Waals surface area contributed by atoms with E-state index in [2.05, 4.69) is 10.3 Å². The van der Waals surface area contributed by atoms with Crippen LogP contribution in [0.3, 0.4) is 0 Å². The van der Waals surface area contributed by atoms with Gasteiger partial charge in [-0.15, -0.1) is 5.10 Å². The first kappa shape index (κ1) is 9.95. The van der Waals surface area contributed by atoms with Gasteiger partial charge in [0.05, 0.1) is 12.2 Å². The van der Waals surface area contributed by atoms with Crippen molar-refractivity contribution in [2.24, 2.45) is 0 Å². The van der Waals surface area contributed by atoms with Crippen LogP contribution in [-0.4, -0.2) is 21.7 Å². The SMILES string of the molecule is CC(C)(C)c1c(N)nnn1CCF. The van der Waals surface area contributed by atoms with Crippen molar-refractivity contribution in [3.63, 3.8) is 0 Å². The molecule has 0 bridgehead atoms. The first-order chi connectivity index (χ1) is 5.96. The molecule has 0 saturated carbocycles. The molecule has 1 aromatic heterocycles. The van der Waals surface area contributed by atoms with E-state index in [0.717, 1.165) is 5.69 Å². The Kier molecular flexibility index (Phi) is 2.54. The lowest BCUT2D eigenvalue weighted by Gasteiger charge is -2.19. The van der Waals surface area contributed by atoms with Crippen LogP contribution in [0.2, 0.25) is 0 Å². The second-order valence-electron chi connectivity index (χ2n) is 3.99. The third kappa shape index (κ3) is 1.96. The van der Waals surface area contributed by atoms with Crippen LogP contribution in [0.1, 0.15) is 26.5 Å². The van der Waals surface area contributed by atoms with E-state index in [4.69, 9.17) is 5.73 Å². The predicted molar refractivity (Wildman–Crippen MR) is 49.1 cm³/mol. The summed E-state index contributed by atoms with van der Waals surface area (Å²) in [4.78, 5) is 0. The Hall–Kier alpha value is -1.13. The number of hydrogen-bond donors (Lipinski definition) is 1. The Labute approximate surface area is 76.9 Å². The highest BCUT2D eigenvalue weighted by atomic mass is 19.1. The molecule has 0 aliphatic heterocycles. The average molecular weight is 186 g/mol. The van der Waals surface area contributed by atoms with Gasteiger partial charge in [-0.25, -0.2) is 9.07 Å². The van der Waals surface area contributed by atoms with Gasteiger partial charge in [0.15, 0.2) is 5.82 Å². The molecule has 0 radical (unpaired) electrons. The number of nitrogen functional groups attached to an aromatic ring is 1. The first-order valence-electron chi connectivity index (χ1n) is 4.22. The monoisotopic (exact) mass is 186 g/mol. The average Bonchev–Trinajstić information content (AvgIpc) is 2.31. The summed E-state index contributed by atoms with van der Waals surface area (Å²) in [5.74, 6) is 0.390. The number of aromatic nitrogens is 3. The fraction of sp³-hybridized carbons (Fsp3) is 0.750. The minimum atomic E-state index is -0.453. The summed E-state index contributed by atoms with van der Waals surface area (Å²) < 4.78 is 13.6. The van der Waals surface area contributed by atoms with E-state index in [1.165, 1.54) is 4.68 Å². The Morgan fingerprint density at radius 2 is 2.08 bits per heavy atom. The fourth-order valence-electron chi connectivity index (χ4n) is 1.33. The van der Waals surface area contributed by atoms with Crippen molar-refractivity contribution in [3.8, 4) is 0 Å². The van der Waals surface area contributed by atoms with E-state index in [9.17, 15) is 4.39 Å². The second kappa shape index (κ2) is 3.32. The van der Waals surface area contributed by atoms with Gasteiger partial charge in [0.25, 0.3) is 0 Å². The van der Waals surface area contributed by atoms with Gasteiger partial charge in [0, 0.05) is 5.41 Å². The number of aryl methyl sites for hydroxylation is 1. The summed E-state index contributed by atoms with van der Waals surface area (Å²) in [6.45, 7) is 5.76. The van der Waals surface area contributed by atoms with Gasteiger partial charge in [-0.1, -0.05) is 26.0 Å². The third-order valence-corrected chi connectivity index (χ3v) is 1.77. The number of alkyl halides is 1. The number of hydrogen-bond acceptors (Lipinski definition) is 3. The molecule has 5 heteroatoms. The van der Waals surface area contributed by atoms with E-state index in [1.54, 1.807) is 0 Å². The summed E-state index contributed by atoms with van der Waals surface area (Å²) in [5, 5.41) is 7.50. The van der Waals surface area contributed by atoms with Gasteiger partial charge in [-0.05, 0) is 0 Å². The number of nitrogens with zero attached hydrogens (tertiary/aromatic N) is 3. The maximum Gasteiger partial charge on any atom is 0.169 e. The molecule has 2 N–H and O–H groups in total. The van der Waals surface area contributed by atoms with Crippen molar-refractivity contribution in [1.29, 1.82) is 0 Å². The van der Waals surface area contributed by atoms with Crippen LogP contribution in [0.15, 0.2) is 0 Å².